The van der Waals surface area contributed by atoms with Gasteiger partial charge in [0.15, 0.2) is 0 Å². The molecule has 1 atom stereocenters. The van der Waals surface area contributed by atoms with E-state index in [2.05, 4.69) is 31.3 Å². The number of hydrogen-bond acceptors (Lipinski definition) is 3. The van der Waals surface area contributed by atoms with Crippen LogP contribution in [0.1, 0.15) is 335 Å². The van der Waals surface area contributed by atoms with Crippen LogP contribution in [0.15, 0.2) is 12.2 Å². The number of unbranched alkanes of at least 4 members (excludes halogenated alkanes) is 42. The lowest BCUT2D eigenvalue weighted by molar-refractivity contribution is -0.122. The molecule has 4 nitrogen and oxygen atoms in total. The molecule has 0 fully saturated rings. The van der Waals surface area contributed by atoms with Crippen molar-refractivity contribution in [1.82, 2.24) is 5.32 Å². The van der Waals surface area contributed by atoms with Crippen molar-refractivity contribution in [3.05, 3.63) is 12.2 Å². The highest BCUT2D eigenvalue weighted by Crippen LogP contribution is 2.18. The first-order valence-corrected chi connectivity index (χ1v) is 28.7. The van der Waals surface area contributed by atoms with Crippen molar-refractivity contribution in [2.24, 2.45) is 0 Å². The number of ketones is 1. The first kappa shape index (κ1) is 60.8. The van der Waals surface area contributed by atoms with E-state index in [-0.39, 0.29) is 18.6 Å². The van der Waals surface area contributed by atoms with Crippen molar-refractivity contribution in [1.29, 1.82) is 0 Å². The Morgan fingerprint density at radius 2 is 0.613 bits per heavy atom. The zero-order chi connectivity index (χ0) is 44.9. The Morgan fingerprint density at radius 1 is 0.355 bits per heavy atom. The lowest BCUT2D eigenvalue weighted by Crippen LogP contribution is -2.37. The number of nitrogens with one attached hydrogen (secondary N) is 1. The Hall–Kier alpha value is -1.16. The van der Waals surface area contributed by atoms with Crippen molar-refractivity contribution in [2.75, 3.05) is 6.61 Å². The van der Waals surface area contributed by atoms with Crippen molar-refractivity contribution < 1.29 is 14.7 Å². The van der Waals surface area contributed by atoms with Crippen LogP contribution in [-0.2, 0) is 9.59 Å². The van der Waals surface area contributed by atoms with Gasteiger partial charge >= 0.3 is 0 Å². The van der Waals surface area contributed by atoms with Crippen molar-refractivity contribution in [3.63, 3.8) is 0 Å². The average Bonchev–Trinajstić information content (AvgIpc) is 3.27. The quantitative estimate of drug-likeness (QED) is 0.0473. The van der Waals surface area contributed by atoms with Crippen LogP contribution in [0.5, 0.6) is 0 Å². The minimum absolute atomic E-state index is 0.0598. The minimum atomic E-state index is -0.0692. The van der Waals surface area contributed by atoms with E-state index in [0.29, 0.717) is 12.2 Å². The van der Waals surface area contributed by atoms with Gasteiger partial charge in [0.05, 0.1) is 12.6 Å². The standard InChI is InChI=1S/C58H113NO3/c1-3-5-7-9-11-13-15-17-19-21-22-23-25-28-32-36-40-44-48-52-57(61)53-49-45-41-37-33-29-26-30-34-38-42-46-50-54-58(62)59-56(55-60)51-47-43-39-35-31-27-24-20-18-16-14-12-10-8-6-4-2/h17,19,56,60H,3-16,18,20-55H2,1-2H3,(H,59,62)/b19-17-/t56-/m1/s1. The van der Waals surface area contributed by atoms with Crippen LogP contribution in [0.2, 0.25) is 0 Å². The molecule has 0 radical (unpaired) electrons. The first-order valence-electron chi connectivity index (χ1n) is 28.7. The van der Waals surface area contributed by atoms with E-state index in [4.69, 9.17) is 0 Å². The Labute approximate surface area is 390 Å². The summed E-state index contributed by atoms with van der Waals surface area (Å²) < 4.78 is 0. The first-order chi connectivity index (χ1) is 30.6. The van der Waals surface area contributed by atoms with E-state index in [0.717, 1.165) is 51.4 Å². The molecule has 0 spiro atoms. The maximum absolute atomic E-state index is 12.4. The van der Waals surface area contributed by atoms with Crippen LogP contribution in [0, 0.1) is 0 Å². The topological polar surface area (TPSA) is 66.4 Å². The van der Waals surface area contributed by atoms with E-state index in [1.807, 2.05) is 0 Å². The number of hydrogen-bond donors (Lipinski definition) is 2. The number of amides is 1. The van der Waals surface area contributed by atoms with Gasteiger partial charge in [-0.3, -0.25) is 9.59 Å². The largest absolute Gasteiger partial charge is 0.394 e. The average molecular weight is 873 g/mol. The van der Waals surface area contributed by atoms with Gasteiger partial charge in [-0.1, -0.05) is 276 Å². The van der Waals surface area contributed by atoms with Gasteiger partial charge in [0.2, 0.25) is 5.91 Å². The zero-order valence-corrected chi connectivity index (χ0v) is 42.6. The van der Waals surface area contributed by atoms with Gasteiger partial charge in [0, 0.05) is 19.3 Å². The number of carbonyl (C=O) groups excluding carboxylic acids is 2. The molecule has 0 aliphatic heterocycles. The van der Waals surface area contributed by atoms with Crippen LogP contribution >= 0.6 is 0 Å². The lowest BCUT2D eigenvalue weighted by atomic mass is 10.0. The molecular formula is C58H113NO3. The van der Waals surface area contributed by atoms with Crippen LogP contribution in [0.3, 0.4) is 0 Å². The lowest BCUT2D eigenvalue weighted by Gasteiger charge is -2.16. The Kier molecular flexibility index (Phi) is 53.2. The van der Waals surface area contributed by atoms with E-state index >= 15 is 0 Å². The summed E-state index contributed by atoms with van der Waals surface area (Å²) in [6.45, 7) is 4.64. The number of carbonyl (C=O) groups is 2. The molecule has 0 bridgehead atoms. The predicted molar refractivity (Wildman–Crippen MR) is 275 cm³/mol. The van der Waals surface area contributed by atoms with Gasteiger partial charge in [-0.2, -0.15) is 0 Å². The number of rotatable bonds is 54. The Morgan fingerprint density at radius 3 is 0.919 bits per heavy atom. The molecule has 0 saturated heterocycles. The van der Waals surface area contributed by atoms with Crippen LogP contribution in [0.4, 0.5) is 0 Å². The summed E-state index contributed by atoms with van der Waals surface area (Å²) in [4.78, 5) is 24.7. The van der Waals surface area contributed by atoms with Gasteiger partial charge in [0.1, 0.15) is 5.78 Å². The molecule has 0 heterocycles. The van der Waals surface area contributed by atoms with E-state index in [1.54, 1.807) is 0 Å². The summed E-state index contributed by atoms with van der Waals surface area (Å²) >= 11 is 0. The molecule has 0 rings (SSSR count). The summed E-state index contributed by atoms with van der Waals surface area (Å²) in [5.74, 6) is 0.623. The molecule has 0 aromatic rings. The monoisotopic (exact) mass is 872 g/mol. The van der Waals surface area contributed by atoms with Crippen LogP contribution in [0.25, 0.3) is 0 Å². The van der Waals surface area contributed by atoms with E-state index < -0.39 is 0 Å². The predicted octanol–water partition coefficient (Wildman–Crippen LogP) is 19.1. The van der Waals surface area contributed by atoms with Gasteiger partial charge in [-0.15, -0.1) is 0 Å². The fraction of sp³-hybridized carbons (Fsp3) is 0.931. The molecule has 0 aromatic carbocycles. The van der Waals surface area contributed by atoms with Crippen LogP contribution in [-0.4, -0.2) is 29.4 Å². The van der Waals surface area contributed by atoms with Gasteiger partial charge in [-0.25, -0.2) is 0 Å². The molecule has 62 heavy (non-hydrogen) atoms. The smallest absolute Gasteiger partial charge is 0.220 e. The number of aliphatic hydroxyl groups is 1. The third-order valence-electron chi connectivity index (χ3n) is 13.6. The molecule has 0 aliphatic carbocycles. The summed E-state index contributed by atoms with van der Waals surface area (Å²) in [6.07, 6.45) is 68.9. The maximum Gasteiger partial charge on any atom is 0.220 e. The number of Topliss-reactive ketones (excluding diaryl/α,β-unsaturated/α-hetero) is 1. The van der Waals surface area contributed by atoms with E-state index in [1.165, 1.54) is 263 Å². The third kappa shape index (κ3) is 51.5. The number of aliphatic hydroxyl groups excluding tert-OH is 1. The van der Waals surface area contributed by atoms with Crippen molar-refractivity contribution in [3.8, 4) is 0 Å². The number of allylic oxidation sites excluding steroid dienone is 2. The highest BCUT2D eigenvalue weighted by atomic mass is 16.3. The van der Waals surface area contributed by atoms with Crippen molar-refractivity contribution >= 4 is 11.7 Å². The maximum atomic E-state index is 12.4. The molecule has 2 N–H and O–H groups in total. The second-order valence-electron chi connectivity index (χ2n) is 19.9. The Bertz CT molecular complexity index is 901. The molecule has 1 amide bonds. The summed E-state index contributed by atoms with van der Waals surface area (Å²) in [7, 11) is 0. The zero-order valence-electron chi connectivity index (χ0n) is 42.6. The normalized spacial score (nSPS) is 12.2. The summed E-state index contributed by atoms with van der Waals surface area (Å²) in [5.41, 5.74) is 0. The third-order valence-corrected chi connectivity index (χ3v) is 13.6. The van der Waals surface area contributed by atoms with Gasteiger partial charge in [0.25, 0.3) is 0 Å². The molecular weight excluding hydrogens is 759 g/mol. The molecule has 0 aromatic heterocycles. The van der Waals surface area contributed by atoms with Crippen molar-refractivity contribution in [2.45, 2.75) is 341 Å². The second-order valence-corrected chi connectivity index (χ2v) is 19.9. The molecule has 0 saturated carbocycles. The second kappa shape index (κ2) is 54.2. The Balaban J connectivity index is 3.36. The molecule has 4 heteroatoms. The highest BCUT2D eigenvalue weighted by molar-refractivity contribution is 5.78. The highest BCUT2D eigenvalue weighted by Gasteiger charge is 2.11. The molecule has 0 unspecified atom stereocenters. The van der Waals surface area contributed by atoms with E-state index in [9.17, 15) is 14.7 Å². The van der Waals surface area contributed by atoms with Gasteiger partial charge < -0.3 is 10.4 Å². The molecule has 368 valence electrons. The SMILES string of the molecule is CCCCCCCC/C=C\CCCCCCCCCCCC(=O)CCCCCCCCCCCCCCCC(=O)N[C@@H](CO)CCCCCCCCCCCCCCCCCC. The summed E-state index contributed by atoms with van der Waals surface area (Å²) in [6, 6.07) is -0.0692. The fourth-order valence-electron chi connectivity index (χ4n) is 9.23. The molecule has 0 aliphatic rings. The minimum Gasteiger partial charge on any atom is -0.394 e. The van der Waals surface area contributed by atoms with Gasteiger partial charge in [-0.05, 0) is 51.4 Å². The summed E-state index contributed by atoms with van der Waals surface area (Å²) in [5, 5.41) is 12.9. The fourth-order valence-corrected chi connectivity index (χ4v) is 9.23. The van der Waals surface area contributed by atoms with Crippen LogP contribution < -0.4 is 5.32 Å².